The third-order valence-electron chi connectivity index (χ3n) is 6.26. The van der Waals surface area contributed by atoms with Crippen molar-refractivity contribution in [1.29, 1.82) is 0 Å². The van der Waals surface area contributed by atoms with Gasteiger partial charge in [0.1, 0.15) is 0 Å². The molecule has 1 aliphatic heterocycles. The molecule has 1 aliphatic carbocycles. The Bertz CT molecular complexity index is 1120. The van der Waals surface area contributed by atoms with E-state index in [1.807, 2.05) is 18.2 Å². The molecule has 2 aliphatic rings. The first-order chi connectivity index (χ1) is 14.5. The highest BCUT2D eigenvalue weighted by Crippen LogP contribution is 2.44. The molecule has 4 nitrogen and oxygen atoms in total. The molecular weight excluding hydrogens is 406 g/mol. The maximum atomic E-state index is 13.7. The summed E-state index contributed by atoms with van der Waals surface area (Å²) in [7, 11) is 0. The molecule has 1 unspecified atom stereocenters. The van der Waals surface area contributed by atoms with Gasteiger partial charge >= 0.3 is 4.87 Å². The number of rotatable bonds is 5. The van der Waals surface area contributed by atoms with Gasteiger partial charge in [0.25, 0.3) is 5.92 Å². The lowest BCUT2D eigenvalue weighted by Gasteiger charge is -2.36. The number of fused-ring (bicyclic) bond motifs is 1. The summed E-state index contributed by atoms with van der Waals surface area (Å²) >= 11 is 1.14. The van der Waals surface area contributed by atoms with Crippen LogP contribution in [0.15, 0.2) is 47.3 Å². The second-order valence-electron chi connectivity index (χ2n) is 8.25. The lowest BCUT2D eigenvalue weighted by molar-refractivity contribution is -0.137. The van der Waals surface area contributed by atoms with Crippen LogP contribution >= 0.6 is 11.3 Å². The van der Waals surface area contributed by atoms with E-state index in [-0.39, 0.29) is 17.8 Å². The van der Waals surface area contributed by atoms with Gasteiger partial charge in [-0.2, -0.15) is 0 Å². The van der Waals surface area contributed by atoms with Crippen molar-refractivity contribution in [1.82, 2.24) is 9.47 Å². The van der Waals surface area contributed by atoms with Crippen LogP contribution < -0.4 is 4.87 Å². The average Bonchev–Trinajstić information content (AvgIpc) is 3.06. The summed E-state index contributed by atoms with van der Waals surface area (Å²) in [5, 5.41) is 0. The SMILES string of the molecule is O=c1sc2cc(-c3cccc(CN4CCOCC4)c3)ccc2n1CC1CCC1(F)F. The van der Waals surface area contributed by atoms with Crippen molar-refractivity contribution >= 4 is 21.6 Å². The van der Waals surface area contributed by atoms with Crippen molar-refractivity contribution in [3.8, 4) is 11.1 Å². The molecule has 30 heavy (non-hydrogen) atoms. The number of benzene rings is 2. The van der Waals surface area contributed by atoms with Crippen LogP contribution in [0.1, 0.15) is 18.4 Å². The number of nitrogens with zero attached hydrogens (tertiary/aromatic N) is 2. The molecule has 7 heteroatoms. The summed E-state index contributed by atoms with van der Waals surface area (Å²) in [5.74, 6) is -3.38. The van der Waals surface area contributed by atoms with Crippen LogP contribution in [0.25, 0.3) is 21.3 Å². The summed E-state index contributed by atoms with van der Waals surface area (Å²) in [6.07, 6.45) is 0.407. The van der Waals surface area contributed by atoms with E-state index in [0.717, 1.165) is 65.5 Å². The van der Waals surface area contributed by atoms with Crippen LogP contribution in [0.4, 0.5) is 8.78 Å². The molecule has 0 bridgehead atoms. The Morgan fingerprint density at radius 1 is 1.10 bits per heavy atom. The summed E-state index contributed by atoms with van der Waals surface area (Å²) in [4.78, 5) is 14.7. The van der Waals surface area contributed by atoms with Gasteiger partial charge in [0.15, 0.2) is 0 Å². The van der Waals surface area contributed by atoms with E-state index in [1.165, 1.54) is 10.1 Å². The molecule has 2 heterocycles. The highest BCUT2D eigenvalue weighted by atomic mass is 32.1. The topological polar surface area (TPSA) is 34.5 Å². The van der Waals surface area contributed by atoms with Gasteiger partial charge in [-0.15, -0.1) is 0 Å². The molecule has 1 aromatic heterocycles. The van der Waals surface area contributed by atoms with Crippen molar-refractivity contribution in [3.63, 3.8) is 0 Å². The van der Waals surface area contributed by atoms with Crippen molar-refractivity contribution in [2.24, 2.45) is 5.92 Å². The number of hydrogen-bond donors (Lipinski definition) is 0. The predicted molar refractivity (Wildman–Crippen MR) is 115 cm³/mol. The smallest absolute Gasteiger partial charge is 0.308 e. The first kappa shape index (κ1) is 19.8. The van der Waals surface area contributed by atoms with E-state index in [4.69, 9.17) is 4.74 Å². The van der Waals surface area contributed by atoms with Gasteiger partial charge in [-0.3, -0.25) is 14.3 Å². The van der Waals surface area contributed by atoms with Crippen molar-refractivity contribution < 1.29 is 13.5 Å². The first-order valence-electron chi connectivity index (χ1n) is 10.4. The number of ether oxygens (including phenoxy) is 1. The Kier molecular flexibility index (Phi) is 5.21. The highest BCUT2D eigenvalue weighted by molar-refractivity contribution is 7.16. The molecule has 3 aromatic rings. The molecule has 1 atom stereocenters. The normalized spacial score (nSPS) is 21.6. The number of halogens is 2. The molecule has 2 fully saturated rings. The number of hydrogen-bond acceptors (Lipinski definition) is 4. The third-order valence-corrected chi connectivity index (χ3v) is 7.21. The molecule has 0 amide bonds. The molecule has 2 aromatic carbocycles. The third kappa shape index (κ3) is 3.82. The zero-order valence-electron chi connectivity index (χ0n) is 16.7. The maximum absolute atomic E-state index is 13.7. The zero-order chi connectivity index (χ0) is 20.7. The Balaban J connectivity index is 1.40. The molecule has 1 saturated heterocycles. The largest absolute Gasteiger partial charge is 0.379 e. The summed E-state index contributed by atoms with van der Waals surface area (Å²) in [6, 6.07) is 14.3. The summed E-state index contributed by atoms with van der Waals surface area (Å²) in [5.41, 5.74) is 4.13. The standard InChI is InChI=1S/C23H24F2N2O2S/c24-23(25)7-6-19(23)15-27-20-5-4-18(13-21(20)30-22(27)28)17-3-1-2-16(12-17)14-26-8-10-29-11-9-26/h1-5,12-13,19H,6-11,14-15H2. The van der Waals surface area contributed by atoms with Crippen LogP contribution in [-0.2, 0) is 17.8 Å². The summed E-state index contributed by atoms with van der Waals surface area (Å²) < 4.78 is 35.2. The Labute approximate surface area is 177 Å². The van der Waals surface area contributed by atoms with Crippen LogP contribution in [0, 0.1) is 5.92 Å². The van der Waals surface area contributed by atoms with Crippen LogP contribution in [-0.4, -0.2) is 41.7 Å². The van der Waals surface area contributed by atoms with E-state index in [0.29, 0.717) is 6.42 Å². The second-order valence-corrected chi connectivity index (χ2v) is 9.24. The minimum Gasteiger partial charge on any atom is -0.379 e. The Hall–Kier alpha value is -2.09. The van der Waals surface area contributed by atoms with Crippen molar-refractivity contribution in [3.05, 3.63) is 57.7 Å². The molecule has 5 rings (SSSR count). The highest BCUT2D eigenvalue weighted by Gasteiger charge is 2.48. The molecule has 0 spiro atoms. The number of alkyl halides is 2. The Morgan fingerprint density at radius 2 is 1.90 bits per heavy atom. The van der Waals surface area contributed by atoms with E-state index in [9.17, 15) is 13.6 Å². The van der Waals surface area contributed by atoms with Crippen molar-refractivity contribution in [2.45, 2.75) is 31.9 Å². The van der Waals surface area contributed by atoms with Crippen LogP contribution in [0.2, 0.25) is 0 Å². The fourth-order valence-electron chi connectivity index (χ4n) is 4.30. The molecule has 1 saturated carbocycles. The van der Waals surface area contributed by atoms with Gasteiger partial charge in [-0.1, -0.05) is 35.6 Å². The van der Waals surface area contributed by atoms with Crippen molar-refractivity contribution in [2.75, 3.05) is 26.3 Å². The van der Waals surface area contributed by atoms with Crippen LogP contribution in [0.3, 0.4) is 0 Å². The maximum Gasteiger partial charge on any atom is 0.308 e. The zero-order valence-corrected chi connectivity index (χ0v) is 17.5. The molecular formula is C23H24F2N2O2S. The van der Waals surface area contributed by atoms with E-state index in [2.05, 4.69) is 29.2 Å². The fraction of sp³-hybridized carbons (Fsp3) is 0.435. The van der Waals surface area contributed by atoms with Gasteiger partial charge in [0.2, 0.25) is 0 Å². The van der Waals surface area contributed by atoms with Gasteiger partial charge in [0.05, 0.1) is 23.4 Å². The Morgan fingerprint density at radius 3 is 2.63 bits per heavy atom. The molecule has 0 radical (unpaired) electrons. The molecule has 158 valence electrons. The number of aromatic nitrogens is 1. The van der Waals surface area contributed by atoms with Gasteiger partial charge in [-0.05, 0) is 41.3 Å². The minimum atomic E-state index is -2.64. The molecule has 0 N–H and O–H groups in total. The number of thiazole rings is 1. The van der Waals surface area contributed by atoms with E-state index >= 15 is 0 Å². The monoisotopic (exact) mass is 430 g/mol. The quantitative estimate of drug-likeness (QED) is 0.593. The van der Waals surface area contributed by atoms with E-state index in [1.54, 1.807) is 0 Å². The van der Waals surface area contributed by atoms with Gasteiger partial charge < -0.3 is 4.74 Å². The number of morpholine rings is 1. The lowest BCUT2D eigenvalue weighted by atomic mass is 9.80. The van der Waals surface area contributed by atoms with Crippen LogP contribution in [0.5, 0.6) is 0 Å². The second kappa shape index (κ2) is 7.87. The fourth-order valence-corrected chi connectivity index (χ4v) is 5.24. The summed E-state index contributed by atoms with van der Waals surface area (Å²) in [6.45, 7) is 4.42. The van der Waals surface area contributed by atoms with E-state index < -0.39 is 11.8 Å². The van der Waals surface area contributed by atoms with Gasteiger partial charge in [0, 0.05) is 38.5 Å². The lowest BCUT2D eigenvalue weighted by Crippen LogP contribution is -2.42. The first-order valence-corrected chi connectivity index (χ1v) is 11.2. The minimum absolute atomic E-state index is 0.0700. The van der Waals surface area contributed by atoms with Gasteiger partial charge in [-0.25, -0.2) is 8.78 Å². The average molecular weight is 431 g/mol. The predicted octanol–water partition coefficient (Wildman–Crippen LogP) is 4.61.